The number of halogens is 1. The lowest BCUT2D eigenvalue weighted by Crippen LogP contribution is -2.29. The van der Waals surface area contributed by atoms with E-state index in [2.05, 4.69) is 20.7 Å². The molecule has 0 bridgehead atoms. The summed E-state index contributed by atoms with van der Waals surface area (Å²) in [6, 6.07) is 12.7. The van der Waals surface area contributed by atoms with Gasteiger partial charge in [-0.15, -0.1) is 0 Å². The van der Waals surface area contributed by atoms with Crippen LogP contribution in [-0.4, -0.2) is 20.8 Å². The van der Waals surface area contributed by atoms with Crippen molar-refractivity contribution in [2.75, 3.05) is 5.32 Å². The fourth-order valence-electron chi connectivity index (χ4n) is 2.12. The molecule has 0 saturated carbocycles. The second-order valence-electron chi connectivity index (χ2n) is 5.14. The molecule has 25 heavy (non-hydrogen) atoms. The summed E-state index contributed by atoms with van der Waals surface area (Å²) < 4.78 is 21.3. The van der Waals surface area contributed by atoms with Gasteiger partial charge in [-0.25, -0.2) is 14.2 Å². The average molecular weight is 341 g/mol. The molecule has 0 aliphatic rings. The van der Waals surface area contributed by atoms with Gasteiger partial charge in [-0.3, -0.25) is 4.68 Å². The molecule has 1 aromatic heterocycles. The third-order valence-electron chi connectivity index (χ3n) is 3.40. The van der Waals surface area contributed by atoms with Crippen LogP contribution < -0.4 is 15.4 Å². The first-order valence-corrected chi connectivity index (χ1v) is 7.52. The fourth-order valence-corrected chi connectivity index (χ4v) is 2.12. The minimum atomic E-state index is -0.595. The third kappa shape index (κ3) is 4.11. The second kappa shape index (κ2) is 7.43. The molecule has 0 radical (unpaired) electrons. The number of benzene rings is 2. The molecular formula is C17H16FN5O2. The van der Waals surface area contributed by atoms with E-state index in [-0.39, 0.29) is 18.0 Å². The quantitative estimate of drug-likeness (QED) is 0.747. The van der Waals surface area contributed by atoms with Crippen LogP contribution >= 0.6 is 0 Å². The number of aryl methyl sites for hydroxylation is 1. The highest BCUT2D eigenvalue weighted by atomic mass is 19.1. The predicted octanol–water partition coefficient (Wildman–Crippen LogP) is 3.07. The van der Waals surface area contributed by atoms with E-state index in [1.165, 1.54) is 23.1 Å². The summed E-state index contributed by atoms with van der Waals surface area (Å²) in [5, 5.41) is 8.98. The van der Waals surface area contributed by atoms with Gasteiger partial charge in [0.1, 0.15) is 23.6 Å². The summed E-state index contributed by atoms with van der Waals surface area (Å²) in [6.07, 6.45) is 1.39. The van der Waals surface area contributed by atoms with Gasteiger partial charge < -0.3 is 15.4 Å². The maximum absolute atomic E-state index is 14.1. The molecule has 2 amide bonds. The molecule has 8 heteroatoms. The molecule has 3 rings (SSSR count). The molecule has 0 unspecified atom stereocenters. The van der Waals surface area contributed by atoms with Crippen LogP contribution in [0.1, 0.15) is 5.82 Å². The fraction of sp³-hybridized carbons (Fsp3) is 0.118. The van der Waals surface area contributed by atoms with Crippen molar-refractivity contribution in [2.45, 2.75) is 6.54 Å². The van der Waals surface area contributed by atoms with Crippen molar-refractivity contribution < 1.29 is 13.9 Å². The normalized spacial score (nSPS) is 10.3. The molecule has 7 nitrogen and oxygen atoms in total. The Morgan fingerprint density at radius 2 is 2.00 bits per heavy atom. The van der Waals surface area contributed by atoms with E-state index in [4.69, 9.17) is 4.74 Å². The first kappa shape index (κ1) is 16.4. The van der Waals surface area contributed by atoms with Crippen molar-refractivity contribution in [1.82, 2.24) is 20.1 Å². The molecule has 0 aliphatic heterocycles. The van der Waals surface area contributed by atoms with Crippen LogP contribution in [0.3, 0.4) is 0 Å². The van der Waals surface area contributed by atoms with Crippen LogP contribution in [-0.2, 0) is 13.6 Å². The topological polar surface area (TPSA) is 81.1 Å². The molecule has 128 valence electrons. The molecule has 2 N–H and O–H groups in total. The van der Waals surface area contributed by atoms with Crippen molar-refractivity contribution in [3.8, 4) is 11.5 Å². The minimum absolute atomic E-state index is 0.0400. The van der Waals surface area contributed by atoms with Gasteiger partial charge in [-0.2, -0.15) is 5.10 Å². The Morgan fingerprint density at radius 3 is 2.72 bits per heavy atom. The van der Waals surface area contributed by atoms with Gasteiger partial charge in [0.25, 0.3) is 0 Å². The minimum Gasteiger partial charge on any atom is -0.455 e. The van der Waals surface area contributed by atoms with Crippen molar-refractivity contribution in [3.05, 3.63) is 66.5 Å². The van der Waals surface area contributed by atoms with E-state index in [0.717, 1.165) is 0 Å². The molecule has 1 heterocycles. The molecule has 0 aliphatic carbocycles. The van der Waals surface area contributed by atoms with Gasteiger partial charge in [0.05, 0.1) is 6.54 Å². The van der Waals surface area contributed by atoms with Crippen LogP contribution in [0.4, 0.5) is 14.9 Å². The number of ether oxygens (including phenoxy) is 1. The summed E-state index contributed by atoms with van der Waals surface area (Å²) >= 11 is 0. The van der Waals surface area contributed by atoms with Gasteiger partial charge in [-0.1, -0.05) is 24.3 Å². The number of carbonyl (C=O) groups is 1. The number of aromatic nitrogens is 3. The van der Waals surface area contributed by atoms with Gasteiger partial charge >= 0.3 is 6.03 Å². The molecular weight excluding hydrogens is 325 g/mol. The average Bonchev–Trinajstić information content (AvgIpc) is 3.02. The second-order valence-corrected chi connectivity index (χ2v) is 5.14. The number of anilines is 1. The number of carbonyl (C=O) groups excluding carboxylic acids is 1. The zero-order valence-electron chi connectivity index (χ0n) is 13.4. The van der Waals surface area contributed by atoms with E-state index < -0.39 is 11.8 Å². The maximum Gasteiger partial charge on any atom is 0.319 e. The molecule has 2 aromatic carbocycles. The van der Waals surface area contributed by atoms with Gasteiger partial charge in [-0.05, 0) is 24.3 Å². The van der Waals surface area contributed by atoms with Crippen molar-refractivity contribution in [3.63, 3.8) is 0 Å². The number of rotatable bonds is 5. The molecule has 0 atom stereocenters. The Bertz CT molecular complexity index is 866. The maximum atomic E-state index is 14.1. The lowest BCUT2D eigenvalue weighted by molar-refractivity contribution is 0.251. The van der Waals surface area contributed by atoms with Gasteiger partial charge in [0.2, 0.25) is 0 Å². The molecule has 3 aromatic rings. The van der Waals surface area contributed by atoms with Crippen LogP contribution in [0.5, 0.6) is 11.5 Å². The number of para-hydroxylation sites is 2. The first-order chi connectivity index (χ1) is 12.1. The number of amides is 2. The van der Waals surface area contributed by atoms with Crippen molar-refractivity contribution >= 4 is 11.7 Å². The summed E-state index contributed by atoms with van der Waals surface area (Å²) in [7, 11) is 1.71. The van der Waals surface area contributed by atoms with Crippen LogP contribution in [0.25, 0.3) is 0 Å². The largest absolute Gasteiger partial charge is 0.455 e. The summed E-state index contributed by atoms with van der Waals surface area (Å²) in [5.74, 6) is 0.724. The van der Waals surface area contributed by atoms with Gasteiger partial charge in [0.15, 0.2) is 11.6 Å². The first-order valence-electron chi connectivity index (χ1n) is 7.52. The SMILES string of the molecule is Cn1ncnc1CNC(=O)Nc1c(F)cccc1Oc1ccccc1. The smallest absolute Gasteiger partial charge is 0.319 e. The van der Waals surface area contributed by atoms with E-state index >= 15 is 0 Å². The lowest BCUT2D eigenvalue weighted by atomic mass is 10.2. The third-order valence-corrected chi connectivity index (χ3v) is 3.40. The predicted molar refractivity (Wildman–Crippen MR) is 89.8 cm³/mol. The van der Waals surface area contributed by atoms with Crippen LogP contribution in [0, 0.1) is 5.82 Å². The highest BCUT2D eigenvalue weighted by Crippen LogP contribution is 2.31. The highest BCUT2D eigenvalue weighted by molar-refractivity contribution is 5.91. The van der Waals surface area contributed by atoms with Crippen LogP contribution in [0.15, 0.2) is 54.9 Å². The van der Waals surface area contributed by atoms with E-state index in [0.29, 0.717) is 11.6 Å². The highest BCUT2D eigenvalue weighted by Gasteiger charge is 2.14. The number of hydrogen-bond donors (Lipinski definition) is 2. The molecule has 0 saturated heterocycles. The zero-order valence-corrected chi connectivity index (χ0v) is 13.4. The Morgan fingerprint density at radius 1 is 1.20 bits per heavy atom. The molecule has 0 fully saturated rings. The number of nitrogens with one attached hydrogen (secondary N) is 2. The lowest BCUT2D eigenvalue weighted by Gasteiger charge is -2.13. The molecule has 0 spiro atoms. The Hall–Kier alpha value is -3.42. The number of nitrogens with zero attached hydrogens (tertiary/aromatic N) is 3. The van der Waals surface area contributed by atoms with Crippen molar-refractivity contribution in [1.29, 1.82) is 0 Å². The van der Waals surface area contributed by atoms with Crippen LogP contribution in [0.2, 0.25) is 0 Å². The zero-order chi connectivity index (χ0) is 17.6. The van der Waals surface area contributed by atoms with Gasteiger partial charge in [0, 0.05) is 7.05 Å². The number of hydrogen-bond acceptors (Lipinski definition) is 4. The Labute approximate surface area is 143 Å². The Balaban J connectivity index is 1.70. The van der Waals surface area contributed by atoms with E-state index in [9.17, 15) is 9.18 Å². The van der Waals surface area contributed by atoms with E-state index in [1.54, 1.807) is 37.4 Å². The summed E-state index contributed by atoms with van der Waals surface area (Å²) in [6.45, 7) is 0.158. The van der Waals surface area contributed by atoms with Crippen molar-refractivity contribution in [2.24, 2.45) is 7.05 Å². The summed E-state index contributed by atoms with van der Waals surface area (Å²) in [5.41, 5.74) is -0.0400. The number of urea groups is 1. The monoisotopic (exact) mass is 341 g/mol. The Kier molecular flexibility index (Phi) is 4.89. The van der Waals surface area contributed by atoms with E-state index in [1.807, 2.05) is 6.07 Å². The summed E-state index contributed by atoms with van der Waals surface area (Å²) in [4.78, 5) is 16.1. The standard InChI is InChI=1S/C17H16FN5O2/c1-23-15(20-11-21-23)10-19-17(24)22-16-13(18)8-5-9-14(16)25-12-6-3-2-4-7-12/h2-9,11H,10H2,1H3,(H2,19,22,24).